The summed E-state index contributed by atoms with van der Waals surface area (Å²) in [6, 6.07) is 6.84. The quantitative estimate of drug-likeness (QED) is 0.788. The molecule has 2 unspecified atom stereocenters. The molecule has 1 aromatic carbocycles. The van der Waals surface area contributed by atoms with Gasteiger partial charge >= 0.3 is 0 Å². The summed E-state index contributed by atoms with van der Waals surface area (Å²) in [5.74, 6) is 1.08. The van der Waals surface area contributed by atoms with Crippen LogP contribution in [0.1, 0.15) is 64.5 Å². The van der Waals surface area contributed by atoms with Crippen LogP contribution < -0.4 is 10.1 Å². The largest absolute Gasteiger partial charge is 0.487 e. The van der Waals surface area contributed by atoms with Crippen LogP contribution in [-0.4, -0.2) is 12.1 Å². The molecule has 0 radical (unpaired) electrons. The van der Waals surface area contributed by atoms with Gasteiger partial charge in [0.05, 0.1) is 0 Å². The van der Waals surface area contributed by atoms with Crippen molar-refractivity contribution in [3.63, 3.8) is 0 Å². The highest BCUT2D eigenvalue weighted by Gasteiger charge is 2.46. The van der Waals surface area contributed by atoms with Crippen molar-refractivity contribution in [3.8, 4) is 5.75 Å². The summed E-state index contributed by atoms with van der Waals surface area (Å²) in [5.41, 5.74) is 1.72. The highest BCUT2D eigenvalue weighted by Crippen LogP contribution is 2.51. The minimum absolute atomic E-state index is 0.0232. The van der Waals surface area contributed by atoms with Gasteiger partial charge in [0.2, 0.25) is 0 Å². The molecule has 21 heavy (non-hydrogen) atoms. The third-order valence-corrected chi connectivity index (χ3v) is 5.48. The molecule has 2 nitrogen and oxygen atoms in total. The van der Waals surface area contributed by atoms with E-state index in [0.29, 0.717) is 11.5 Å². The Kier molecular flexibility index (Phi) is 4.08. The lowest BCUT2D eigenvalue weighted by Gasteiger charge is -2.49. The molecule has 116 valence electrons. The van der Waals surface area contributed by atoms with Gasteiger partial charge < -0.3 is 10.1 Å². The number of hydrogen-bond donors (Lipinski definition) is 1. The van der Waals surface area contributed by atoms with Crippen LogP contribution in [0.2, 0.25) is 0 Å². The summed E-state index contributed by atoms with van der Waals surface area (Å²) in [7, 11) is 0. The average molecular weight is 352 g/mol. The van der Waals surface area contributed by atoms with E-state index >= 15 is 0 Å². The first-order chi connectivity index (χ1) is 9.93. The molecule has 1 fully saturated rings. The predicted molar refractivity (Wildman–Crippen MR) is 90.8 cm³/mol. The molecule has 2 aliphatic rings. The van der Waals surface area contributed by atoms with E-state index in [1.807, 2.05) is 0 Å². The van der Waals surface area contributed by atoms with Gasteiger partial charge in [0.25, 0.3) is 0 Å². The predicted octanol–water partition coefficient (Wildman–Crippen LogP) is 5.22. The Hall–Kier alpha value is -0.540. The molecular formula is C18H26BrNO. The van der Waals surface area contributed by atoms with Crippen LogP contribution in [0, 0.1) is 5.41 Å². The molecule has 0 bridgehead atoms. The number of halogens is 1. The SMILES string of the molecule is CCNC1CC2(CCCC(C)(C)C2)Oc2ccc(Br)cc21. The van der Waals surface area contributed by atoms with E-state index in [2.05, 4.69) is 60.2 Å². The second-order valence-electron chi connectivity index (χ2n) is 7.48. The maximum Gasteiger partial charge on any atom is 0.125 e. The zero-order valence-corrected chi connectivity index (χ0v) is 14.9. The van der Waals surface area contributed by atoms with Gasteiger partial charge in [0, 0.05) is 22.5 Å². The van der Waals surface area contributed by atoms with Gasteiger partial charge in [-0.25, -0.2) is 0 Å². The molecule has 0 aromatic heterocycles. The molecule has 1 saturated carbocycles. The molecule has 0 amide bonds. The zero-order valence-electron chi connectivity index (χ0n) is 13.3. The van der Waals surface area contributed by atoms with E-state index in [1.54, 1.807) is 0 Å². The van der Waals surface area contributed by atoms with Gasteiger partial charge in [-0.1, -0.05) is 36.7 Å². The van der Waals surface area contributed by atoms with Crippen molar-refractivity contribution in [2.45, 2.75) is 64.5 Å². The van der Waals surface area contributed by atoms with Crippen molar-refractivity contribution in [1.29, 1.82) is 0 Å². The van der Waals surface area contributed by atoms with Gasteiger partial charge in [-0.3, -0.25) is 0 Å². The lowest BCUT2D eigenvalue weighted by atomic mass is 9.66. The summed E-state index contributed by atoms with van der Waals surface area (Å²) in [4.78, 5) is 0. The summed E-state index contributed by atoms with van der Waals surface area (Å²) in [6.07, 6.45) is 6.04. The van der Waals surface area contributed by atoms with Crippen LogP contribution in [0.3, 0.4) is 0 Å². The van der Waals surface area contributed by atoms with Crippen molar-refractivity contribution in [1.82, 2.24) is 5.32 Å². The van der Waals surface area contributed by atoms with Crippen molar-refractivity contribution < 1.29 is 4.74 Å². The fraction of sp³-hybridized carbons (Fsp3) is 0.667. The number of benzene rings is 1. The number of nitrogens with one attached hydrogen (secondary N) is 1. The first-order valence-electron chi connectivity index (χ1n) is 8.15. The van der Waals surface area contributed by atoms with Gasteiger partial charge in [-0.05, 0) is 55.8 Å². The van der Waals surface area contributed by atoms with Crippen LogP contribution in [0.5, 0.6) is 5.75 Å². The Morgan fingerprint density at radius 3 is 2.86 bits per heavy atom. The Morgan fingerprint density at radius 1 is 1.33 bits per heavy atom. The molecule has 1 aliphatic heterocycles. The van der Waals surface area contributed by atoms with E-state index in [4.69, 9.17) is 4.74 Å². The maximum atomic E-state index is 6.57. The van der Waals surface area contributed by atoms with Gasteiger partial charge in [-0.15, -0.1) is 0 Å². The summed E-state index contributed by atoms with van der Waals surface area (Å²) in [5, 5.41) is 3.67. The fourth-order valence-corrected chi connectivity index (χ4v) is 4.65. The molecular weight excluding hydrogens is 326 g/mol. The maximum absolute atomic E-state index is 6.57. The van der Waals surface area contributed by atoms with Crippen molar-refractivity contribution in [2.75, 3.05) is 6.54 Å². The average Bonchev–Trinajstić information content (AvgIpc) is 2.39. The minimum atomic E-state index is 0.0232. The van der Waals surface area contributed by atoms with Crippen LogP contribution in [0.4, 0.5) is 0 Å². The van der Waals surface area contributed by atoms with Crippen molar-refractivity contribution >= 4 is 15.9 Å². The van der Waals surface area contributed by atoms with Crippen LogP contribution in [-0.2, 0) is 0 Å². The van der Waals surface area contributed by atoms with Gasteiger partial charge in [-0.2, -0.15) is 0 Å². The molecule has 1 spiro atoms. The third-order valence-electron chi connectivity index (χ3n) is 4.99. The van der Waals surface area contributed by atoms with Crippen LogP contribution in [0.25, 0.3) is 0 Å². The van der Waals surface area contributed by atoms with Crippen LogP contribution >= 0.6 is 15.9 Å². The molecule has 1 aliphatic carbocycles. The van der Waals surface area contributed by atoms with E-state index in [-0.39, 0.29) is 5.60 Å². The van der Waals surface area contributed by atoms with Crippen LogP contribution in [0.15, 0.2) is 22.7 Å². The highest BCUT2D eigenvalue weighted by atomic mass is 79.9. The lowest BCUT2D eigenvalue weighted by Crippen LogP contribution is -2.49. The molecule has 1 N–H and O–H groups in total. The van der Waals surface area contributed by atoms with Crippen molar-refractivity contribution in [2.24, 2.45) is 5.41 Å². The Bertz CT molecular complexity index is 528. The highest BCUT2D eigenvalue weighted by molar-refractivity contribution is 9.10. The molecule has 3 heteroatoms. The van der Waals surface area contributed by atoms with E-state index < -0.39 is 0 Å². The standard InChI is InChI=1S/C18H26BrNO/c1-4-20-15-11-18(9-5-8-17(2,3)12-18)21-16-7-6-13(19)10-14(15)16/h6-7,10,15,20H,4-5,8-9,11-12H2,1-3H3. The van der Waals surface area contributed by atoms with E-state index in [1.165, 1.54) is 24.8 Å². The van der Waals surface area contributed by atoms with Crippen molar-refractivity contribution in [3.05, 3.63) is 28.2 Å². The first kappa shape index (κ1) is 15.4. The fourth-order valence-electron chi connectivity index (χ4n) is 4.27. The smallest absolute Gasteiger partial charge is 0.125 e. The second kappa shape index (κ2) is 5.58. The molecule has 0 saturated heterocycles. The van der Waals surface area contributed by atoms with Gasteiger partial charge in [0.15, 0.2) is 0 Å². The first-order valence-corrected chi connectivity index (χ1v) is 8.94. The number of fused-ring (bicyclic) bond motifs is 1. The Balaban J connectivity index is 1.95. The number of rotatable bonds is 2. The number of hydrogen-bond acceptors (Lipinski definition) is 2. The van der Waals surface area contributed by atoms with Gasteiger partial charge in [0.1, 0.15) is 11.4 Å². The Morgan fingerprint density at radius 2 is 2.14 bits per heavy atom. The topological polar surface area (TPSA) is 21.3 Å². The summed E-state index contributed by atoms with van der Waals surface area (Å²) >= 11 is 3.59. The second-order valence-corrected chi connectivity index (χ2v) is 8.39. The molecule has 2 atom stereocenters. The molecule has 1 heterocycles. The minimum Gasteiger partial charge on any atom is -0.487 e. The summed E-state index contributed by atoms with van der Waals surface area (Å²) < 4.78 is 7.70. The zero-order chi connectivity index (χ0) is 15.1. The summed E-state index contributed by atoms with van der Waals surface area (Å²) in [6.45, 7) is 7.95. The number of ether oxygens (including phenoxy) is 1. The normalized spacial score (nSPS) is 30.8. The van der Waals surface area contributed by atoms with E-state index in [0.717, 1.165) is 29.6 Å². The lowest BCUT2D eigenvalue weighted by molar-refractivity contribution is -0.0418. The third kappa shape index (κ3) is 3.14. The molecule has 3 rings (SSSR count). The van der Waals surface area contributed by atoms with E-state index in [9.17, 15) is 0 Å². The Labute approximate surface area is 136 Å². The molecule has 1 aromatic rings. The monoisotopic (exact) mass is 351 g/mol.